The highest BCUT2D eigenvalue weighted by Crippen LogP contribution is 2.30. The van der Waals surface area contributed by atoms with Gasteiger partial charge in [0.15, 0.2) is 0 Å². The number of nitrogens with zero attached hydrogens (tertiary/aromatic N) is 1. The molecular weight excluding hydrogens is 331 g/mol. The molecule has 0 saturated heterocycles. The second-order valence-corrected chi connectivity index (χ2v) is 5.96. The minimum absolute atomic E-state index is 0.186. The minimum atomic E-state index is -0.222. The summed E-state index contributed by atoms with van der Waals surface area (Å²) in [6.07, 6.45) is 0. The van der Waals surface area contributed by atoms with Gasteiger partial charge >= 0.3 is 0 Å². The van der Waals surface area contributed by atoms with Gasteiger partial charge in [-0.15, -0.1) is 0 Å². The fourth-order valence-corrected chi connectivity index (χ4v) is 2.96. The predicted molar refractivity (Wildman–Crippen MR) is 90.1 cm³/mol. The molecule has 2 aromatic rings. The highest BCUT2D eigenvalue weighted by atomic mass is 79.9. The Bertz CT molecular complexity index is 615. The maximum absolute atomic E-state index is 14.2. The predicted octanol–water partition coefficient (Wildman–Crippen LogP) is 4.42. The van der Waals surface area contributed by atoms with E-state index in [0.717, 1.165) is 16.7 Å². The normalized spacial score (nSPS) is 12.2. The quantitative estimate of drug-likeness (QED) is 0.864. The van der Waals surface area contributed by atoms with Crippen LogP contribution in [0.15, 0.2) is 46.9 Å². The van der Waals surface area contributed by atoms with E-state index in [1.165, 1.54) is 11.6 Å². The minimum Gasteiger partial charge on any atom is -0.363 e. The number of halogens is 2. The van der Waals surface area contributed by atoms with Crippen molar-refractivity contribution in [2.45, 2.75) is 19.9 Å². The summed E-state index contributed by atoms with van der Waals surface area (Å²) < 4.78 is 15.1. The van der Waals surface area contributed by atoms with Gasteiger partial charge in [-0.25, -0.2) is 4.39 Å². The Balaban J connectivity index is 2.44. The molecule has 2 nitrogen and oxygen atoms in total. The molecule has 0 fully saturated rings. The molecule has 21 heavy (non-hydrogen) atoms. The molecule has 2 aromatic carbocycles. The average Bonchev–Trinajstić information content (AvgIpc) is 2.47. The van der Waals surface area contributed by atoms with Crippen LogP contribution in [0.1, 0.15) is 24.1 Å². The number of aryl methyl sites for hydroxylation is 1. The van der Waals surface area contributed by atoms with Crippen LogP contribution in [-0.4, -0.2) is 13.1 Å². The lowest BCUT2D eigenvalue weighted by Crippen LogP contribution is -2.34. The van der Waals surface area contributed by atoms with E-state index in [0.29, 0.717) is 12.1 Å². The molecule has 1 atom stereocenters. The van der Waals surface area contributed by atoms with E-state index in [2.05, 4.69) is 46.8 Å². The van der Waals surface area contributed by atoms with Crippen LogP contribution >= 0.6 is 15.9 Å². The van der Waals surface area contributed by atoms with Gasteiger partial charge in [0.05, 0.1) is 6.04 Å². The molecular formula is C17H20BrFN2. The smallest absolute Gasteiger partial charge is 0.128 e. The van der Waals surface area contributed by atoms with Gasteiger partial charge in [0.25, 0.3) is 0 Å². The Kier molecular flexibility index (Phi) is 5.37. The van der Waals surface area contributed by atoms with Gasteiger partial charge in [0, 0.05) is 28.8 Å². The van der Waals surface area contributed by atoms with Crippen molar-refractivity contribution in [3.63, 3.8) is 0 Å². The summed E-state index contributed by atoms with van der Waals surface area (Å²) >= 11 is 3.41. The molecule has 0 saturated carbocycles. The van der Waals surface area contributed by atoms with Crippen LogP contribution < -0.4 is 10.6 Å². The summed E-state index contributed by atoms with van der Waals surface area (Å²) in [6.45, 7) is 5.22. The zero-order valence-electron chi connectivity index (χ0n) is 12.3. The second-order valence-electron chi connectivity index (χ2n) is 5.04. The fourth-order valence-electron chi connectivity index (χ4n) is 2.58. The highest BCUT2D eigenvalue weighted by Gasteiger charge is 2.21. The third kappa shape index (κ3) is 3.63. The molecule has 2 rings (SSSR count). The van der Waals surface area contributed by atoms with E-state index < -0.39 is 0 Å². The largest absolute Gasteiger partial charge is 0.363 e. The van der Waals surface area contributed by atoms with E-state index in [4.69, 9.17) is 5.73 Å². The monoisotopic (exact) mass is 350 g/mol. The van der Waals surface area contributed by atoms with Gasteiger partial charge in [-0.2, -0.15) is 0 Å². The number of hydrogen-bond acceptors (Lipinski definition) is 2. The number of likely N-dealkylation sites (N-methyl/N-ethyl adjacent to an activating group) is 1. The first kappa shape index (κ1) is 16.0. The molecule has 2 N–H and O–H groups in total. The number of nitrogens with two attached hydrogens (primary N) is 1. The van der Waals surface area contributed by atoms with Crippen molar-refractivity contribution >= 4 is 21.6 Å². The van der Waals surface area contributed by atoms with Crippen molar-refractivity contribution in [2.75, 3.05) is 18.0 Å². The van der Waals surface area contributed by atoms with Crippen molar-refractivity contribution in [3.05, 3.63) is 63.9 Å². The van der Waals surface area contributed by atoms with Crippen molar-refractivity contribution in [1.82, 2.24) is 0 Å². The maximum atomic E-state index is 14.2. The number of benzene rings is 2. The van der Waals surface area contributed by atoms with Crippen molar-refractivity contribution in [3.8, 4) is 0 Å². The topological polar surface area (TPSA) is 29.3 Å². The van der Waals surface area contributed by atoms with Gasteiger partial charge in [-0.3, -0.25) is 0 Å². The Hall–Kier alpha value is -1.39. The molecule has 0 heterocycles. The summed E-state index contributed by atoms with van der Waals surface area (Å²) in [6, 6.07) is 13.0. The van der Waals surface area contributed by atoms with Gasteiger partial charge in [0.2, 0.25) is 0 Å². The Morgan fingerprint density at radius 1 is 1.24 bits per heavy atom. The van der Waals surface area contributed by atoms with Gasteiger partial charge < -0.3 is 10.6 Å². The molecule has 0 aliphatic rings. The van der Waals surface area contributed by atoms with Crippen LogP contribution in [0, 0.1) is 12.7 Å². The first-order valence-corrected chi connectivity index (χ1v) is 7.84. The van der Waals surface area contributed by atoms with Crippen LogP contribution in [0.5, 0.6) is 0 Å². The average molecular weight is 351 g/mol. The highest BCUT2D eigenvalue weighted by molar-refractivity contribution is 9.10. The summed E-state index contributed by atoms with van der Waals surface area (Å²) in [5.74, 6) is -0.222. The summed E-state index contributed by atoms with van der Waals surface area (Å²) in [4.78, 5) is 2.14. The Labute approximate surface area is 133 Å². The van der Waals surface area contributed by atoms with Crippen LogP contribution in [-0.2, 0) is 0 Å². The fraction of sp³-hybridized carbons (Fsp3) is 0.294. The molecule has 0 aliphatic carbocycles. The molecule has 4 heteroatoms. The maximum Gasteiger partial charge on any atom is 0.128 e. The first-order chi connectivity index (χ1) is 10.1. The summed E-state index contributed by atoms with van der Waals surface area (Å²) in [7, 11) is 0. The third-order valence-corrected chi connectivity index (χ3v) is 4.08. The Morgan fingerprint density at radius 2 is 2.00 bits per heavy atom. The van der Waals surface area contributed by atoms with Crippen LogP contribution in [0.25, 0.3) is 0 Å². The lowest BCUT2D eigenvalue weighted by molar-refractivity contribution is 0.562. The molecule has 1 unspecified atom stereocenters. The van der Waals surface area contributed by atoms with E-state index in [-0.39, 0.29) is 11.9 Å². The van der Waals surface area contributed by atoms with Gasteiger partial charge in [-0.05, 0) is 49.7 Å². The Morgan fingerprint density at radius 3 is 2.62 bits per heavy atom. The number of hydrogen-bond donors (Lipinski definition) is 1. The van der Waals surface area contributed by atoms with Gasteiger partial charge in [0.1, 0.15) is 5.82 Å². The molecule has 0 aliphatic heterocycles. The van der Waals surface area contributed by atoms with Crippen molar-refractivity contribution in [2.24, 2.45) is 5.73 Å². The van der Waals surface area contributed by atoms with E-state index in [9.17, 15) is 4.39 Å². The molecule has 112 valence electrons. The van der Waals surface area contributed by atoms with Crippen molar-refractivity contribution < 1.29 is 4.39 Å². The number of anilines is 1. The summed E-state index contributed by atoms with van der Waals surface area (Å²) in [5.41, 5.74) is 8.81. The SMILES string of the molecule is CCN(c1cccc(C)c1)C(CN)c1cc(Br)ccc1F. The first-order valence-electron chi connectivity index (χ1n) is 7.05. The van der Waals surface area contributed by atoms with Crippen molar-refractivity contribution in [1.29, 1.82) is 0 Å². The zero-order valence-corrected chi connectivity index (χ0v) is 13.9. The van der Waals surface area contributed by atoms with E-state index in [1.807, 2.05) is 18.2 Å². The number of rotatable bonds is 5. The lowest BCUT2D eigenvalue weighted by Gasteiger charge is -2.33. The zero-order chi connectivity index (χ0) is 15.4. The molecule has 0 bridgehead atoms. The molecule has 0 spiro atoms. The third-order valence-electron chi connectivity index (χ3n) is 3.59. The standard InChI is InChI=1S/C17H20BrFN2/c1-3-21(14-6-4-5-12(2)9-14)17(11-20)15-10-13(18)7-8-16(15)19/h4-10,17H,3,11,20H2,1-2H3. The second kappa shape index (κ2) is 7.05. The van der Waals surface area contributed by atoms with E-state index in [1.54, 1.807) is 6.07 Å². The molecule has 0 radical (unpaired) electrons. The van der Waals surface area contributed by atoms with Crippen LogP contribution in [0.4, 0.5) is 10.1 Å². The lowest BCUT2D eigenvalue weighted by atomic mass is 10.0. The van der Waals surface area contributed by atoms with Crippen LogP contribution in [0.2, 0.25) is 0 Å². The molecule has 0 aromatic heterocycles. The van der Waals surface area contributed by atoms with Crippen LogP contribution in [0.3, 0.4) is 0 Å². The molecule has 0 amide bonds. The summed E-state index contributed by atoms with van der Waals surface area (Å²) in [5, 5.41) is 0. The van der Waals surface area contributed by atoms with E-state index >= 15 is 0 Å². The van der Waals surface area contributed by atoms with Gasteiger partial charge in [-0.1, -0.05) is 28.1 Å².